The maximum atomic E-state index is 7.49. The minimum absolute atomic E-state index is 0.0890. The number of ether oxygens (including phenoxy) is 4. The molecule has 7 rings (SSSR count). The van der Waals surface area contributed by atoms with Crippen molar-refractivity contribution in [2.24, 2.45) is 11.3 Å². The van der Waals surface area contributed by atoms with Crippen molar-refractivity contribution < 1.29 is 18.9 Å². The third-order valence-electron chi connectivity index (χ3n) is 11.2. The first-order chi connectivity index (χ1) is 20.1. The van der Waals surface area contributed by atoms with Crippen LogP contribution in [-0.4, -0.2) is 68.9 Å². The van der Waals surface area contributed by atoms with Crippen molar-refractivity contribution in [1.29, 1.82) is 0 Å². The SMILES string of the molecule is COCCOCCOCCN[C@@H]1CCC2=CC3=CC[C@]4(C)[C@@H](c5ccc6ccncc6c5)CC[C@H]4[C@@]34CC[C@]2(C1)O4. The maximum absolute atomic E-state index is 7.49. The zero-order valence-corrected chi connectivity index (χ0v) is 24.8. The molecule has 41 heavy (non-hydrogen) atoms. The normalized spacial score (nSPS) is 35.5. The second-order valence-corrected chi connectivity index (χ2v) is 13.3. The zero-order chi connectivity index (χ0) is 27.9. The fourth-order valence-electron chi connectivity index (χ4n) is 9.25. The summed E-state index contributed by atoms with van der Waals surface area (Å²) in [5, 5.41) is 6.33. The van der Waals surface area contributed by atoms with E-state index in [2.05, 4.69) is 53.6 Å². The van der Waals surface area contributed by atoms with E-state index in [0.29, 0.717) is 50.9 Å². The van der Waals surface area contributed by atoms with Crippen molar-refractivity contribution in [3.63, 3.8) is 0 Å². The lowest BCUT2D eigenvalue weighted by molar-refractivity contribution is -0.136. The van der Waals surface area contributed by atoms with Gasteiger partial charge in [-0.2, -0.15) is 0 Å². The highest BCUT2D eigenvalue weighted by molar-refractivity contribution is 5.82. The van der Waals surface area contributed by atoms with E-state index >= 15 is 0 Å². The highest BCUT2D eigenvalue weighted by Gasteiger charge is 2.66. The Morgan fingerprint density at radius 2 is 1.88 bits per heavy atom. The molecule has 1 aromatic carbocycles. The Bertz CT molecular complexity index is 1320. The zero-order valence-electron chi connectivity index (χ0n) is 24.8. The summed E-state index contributed by atoms with van der Waals surface area (Å²) < 4.78 is 23.8. The van der Waals surface area contributed by atoms with Crippen LogP contribution in [0.2, 0.25) is 0 Å². The summed E-state index contributed by atoms with van der Waals surface area (Å²) in [7, 11) is 1.69. The summed E-state index contributed by atoms with van der Waals surface area (Å²) in [4.78, 5) is 4.39. The maximum Gasteiger partial charge on any atom is 0.0974 e. The molecule has 6 atom stereocenters. The third-order valence-corrected chi connectivity index (χ3v) is 11.2. The molecule has 1 saturated heterocycles. The van der Waals surface area contributed by atoms with Gasteiger partial charge in [0.05, 0.1) is 44.2 Å². The first-order valence-electron chi connectivity index (χ1n) is 15.9. The molecule has 220 valence electrons. The molecule has 6 heteroatoms. The largest absolute Gasteiger partial charge is 0.382 e. The minimum atomic E-state index is -0.114. The minimum Gasteiger partial charge on any atom is -0.382 e. The number of methoxy groups -OCH3 is 1. The van der Waals surface area contributed by atoms with Crippen molar-refractivity contribution >= 4 is 10.8 Å². The van der Waals surface area contributed by atoms with Crippen molar-refractivity contribution in [2.75, 3.05) is 46.7 Å². The van der Waals surface area contributed by atoms with Gasteiger partial charge in [-0.1, -0.05) is 31.2 Å². The number of aromatic nitrogens is 1. The lowest BCUT2D eigenvalue weighted by Gasteiger charge is -2.54. The molecular formula is C35H46N2O4. The van der Waals surface area contributed by atoms with Gasteiger partial charge in [-0.25, -0.2) is 0 Å². The van der Waals surface area contributed by atoms with Gasteiger partial charge in [0.2, 0.25) is 0 Å². The van der Waals surface area contributed by atoms with Crippen LogP contribution in [0.5, 0.6) is 0 Å². The van der Waals surface area contributed by atoms with Crippen LogP contribution >= 0.6 is 0 Å². The van der Waals surface area contributed by atoms with Crippen LogP contribution in [0, 0.1) is 11.3 Å². The van der Waals surface area contributed by atoms with E-state index < -0.39 is 0 Å². The molecular weight excluding hydrogens is 512 g/mol. The molecule has 5 aliphatic rings. The molecule has 0 unspecified atom stereocenters. The predicted octanol–water partition coefficient (Wildman–Crippen LogP) is 6.11. The smallest absolute Gasteiger partial charge is 0.0974 e. The average Bonchev–Trinajstić information content (AvgIpc) is 3.51. The summed E-state index contributed by atoms with van der Waals surface area (Å²) in [6, 6.07) is 9.67. The molecule has 2 spiro atoms. The van der Waals surface area contributed by atoms with Crippen LogP contribution in [0.15, 0.2) is 60.0 Å². The molecule has 1 aromatic heterocycles. The van der Waals surface area contributed by atoms with E-state index in [1.807, 2.05) is 12.4 Å². The van der Waals surface area contributed by atoms with E-state index in [1.165, 1.54) is 41.2 Å². The molecule has 6 nitrogen and oxygen atoms in total. The number of fused-ring (bicyclic) bond motifs is 2. The van der Waals surface area contributed by atoms with Crippen molar-refractivity contribution in [1.82, 2.24) is 10.3 Å². The Morgan fingerprint density at radius 1 is 1.00 bits per heavy atom. The second kappa shape index (κ2) is 11.2. The predicted molar refractivity (Wildman–Crippen MR) is 161 cm³/mol. The Morgan fingerprint density at radius 3 is 2.78 bits per heavy atom. The number of hydrogen-bond donors (Lipinski definition) is 1. The summed E-state index contributed by atoms with van der Waals surface area (Å²) in [5.41, 5.74) is 4.55. The quantitative estimate of drug-likeness (QED) is 0.336. The van der Waals surface area contributed by atoms with Crippen molar-refractivity contribution in [3.05, 3.63) is 65.5 Å². The lowest BCUT2D eigenvalue weighted by Crippen LogP contribution is -2.55. The van der Waals surface area contributed by atoms with Crippen LogP contribution in [-0.2, 0) is 18.9 Å². The highest BCUT2D eigenvalue weighted by Crippen LogP contribution is 2.69. The van der Waals surface area contributed by atoms with Gasteiger partial charge in [0.15, 0.2) is 0 Å². The average molecular weight is 559 g/mol. The topological polar surface area (TPSA) is 61.8 Å². The number of hydrogen-bond acceptors (Lipinski definition) is 6. The molecule has 3 heterocycles. The number of nitrogens with one attached hydrogen (secondary N) is 1. The first kappa shape index (κ1) is 27.7. The summed E-state index contributed by atoms with van der Waals surface area (Å²) in [5.74, 6) is 1.12. The standard InChI is InChI=1S/C35H46N2O4/c1-33-11-9-29-22-28-5-6-30(37-15-16-39-19-20-40-18-17-38-2)23-34(28)12-13-35(29,41-34)32(33)8-7-31(33)26-4-3-25-10-14-36-24-27(25)21-26/h3-4,9-10,14,21-22,24,30-32,37H,5-8,11-13,15-20,23H2,1-2H3/t30-,31-,32-,33-,34-,35-/m1/s1. The monoisotopic (exact) mass is 558 g/mol. The second-order valence-electron chi connectivity index (χ2n) is 13.3. The molecule has 2 bridgehead atoms. The first-order valence-corrected chi connectivity index (χ1v) is 15.9. The van der Waals surface area contributed by atoms with Crippen LogP contribution in [0.3, 0.4) is 0 Å². The van der Waals surface area contributed by atoms with Gasteiger partial charge in [-0.05, 0) is 103 Å². The molecule has 0 amide bonds. The number of rotatable bonds is 11. The van der Waals surface area contributed by atoms with E-state index in [4.69, 9.17) is 18.9 Å². The molecule has 2 saturated carbocycles. The fraction of sp³-hybridized carbons (Fsp3) is 0.629. The third kappa shape index (κ3) is 4.80. The van der Waals surface area contributed by atoms with Gasteiger partial charge < -0.3 is 24.3 Å². The van der Waals surface area contributed by atoms with Crippen LogP contribution in [0.25, 0.3) is 10.8 Å². The van der Waals surface area contributed by atoms with E-state index in [-0.39, 0.29) is 16.6 Å². The fourth-order valence-corrected chi connectivity index (χ4v) is 9.25. The van der Waals surface area contributed by atoms with Gasteiger partial charge >= 0.3 is 0 Å². The van der Waals surface area contributed by atoms with Gasteiger partial charge in [0.1, 0.15) is 0 Å². The Hall–Kier alpha value is -2.09. The van der Waals surface area contributed by atoms with E-state index in [1.54, 1.807) is 12.7 Å². The Kier molecular flexibility index (Phi) is 7.57. The summed E-state index contributed by atoms with van der Waals surface area (Å²) >= 11 is 0. The van der Waals surface area contributed by atoms with E-state index in [0.717, 1.165) is 38.6 Å². The van der Waals surface area contributed by atoms with Gasteiger partial charge in [0.25, 0.3) is 0 Å². The number of allylic oxidation sites excluding steroid dienone is 1. The summed E-state index contributed by atoms with van der Waals surface area (Å²) in [6.45, 7) is 6.65. The highest BCUT2D eigenvalue weighted by atomic mass is 16.5. The molecule has 2 aromatic rings. The molecule has 2 aliphatic heterocycles. The van der Waals surface area contributed by atoms with Gasteiger partial charge in [-0.3, -0.25) is 4.98 Å². The number of pyridine rings is 1. The Balaban J connectivity index is 1.02. The van der Waals surface area contributed by atoms with Crippen molar-refractivity contribution in [3.8, 4) is 0 Å². The number of benzene rings is 1. The Labute approximate surface area is 244 Å². The van der Waals surface area contributed by atoms with Gasteiger partial charge in [-0.15, -0.1) is 0 Å². The molecule has 1 N–H and O–H groups in total. The van der Waals surface area contributed by atoms with Gasteiger partial charge in [0, 0.05) is 37.5 Å². The number of nitrogens with zero attached hydrogens (tertiary/aromatic N) is 1. The van der Waals surface area contributed by atoms with Crippen LogP contribution < -0.4 is 5.32 Å². The summed E-state index contributed by atoms with van der Waals surface area (Å²) in [6.07, 6.45) is 18.4. The molecule has 3 aliphatic carbocycles. The van der Waals surface area contributed by atoms with Crippen LogP contribution in [0.1, 0.15) is 69.8 Å². The molecule has 3 fully saturated rings. The lowest BCUT2D eigenvalue weighted by atomic mass is 9.58. The van der Waals surface area contributed by atoms with E-state index in [9.17, 15) is 0 Å². The van der Waals surface area contributed by atoms with Crippen molar-refractivity contribution in [2.45, 2.75) is 81.5 Å². The van der Waals surface area contributed by atoms with Crippen LogP contribution in [0.4, 0.5) is 0 Å². The molecule has 0 radical (unpaired) electrons.